The van der Waals surface area contributed by atoms with Gasteiger partial charge in [-0.1, -0.05) is 12.1 Å². The molecule has 0 fully saturated rings. The van der Waals surface area contributed by atoms with Crippen LogP contribution in [0.2, 0.25) is 0 Å². The van der Waals surface area contributed by atoms with Crippen LogP contribution in [0.4, 0.5) is 11.6 Å². The summed E-state index contributed by atoms with van der Waals surface area (Å²) in [6.07, 6.45) is 1.45. The lowest BCUT2D eigenvalue weighted by molar-refractivity contribution is 0.324. The largest absolute Gasteiger partial charge is 0.497 e. The van der Waals surface area contributed by atoms with Crippen molar-refractivity contribution in [2.45, 2.75) is 0 Å². The smallest absolute Gasteiger partial charge is 0.230 e. The molecular weight excluding hydrogens is 348 g/mol. The summed E-state index contributed by atoms with van der Waals surface area (Å²) in [5, 5.41) is 3.13. The van der Waals surface area contributed by atoms with Gasteiger partial charge in [-0.05, 0) is 12.1 Å². The topological polar surface area (TPSA) is 87.6 Å². The molecule has 0 saturated carbocycles. The third-order valence-electron chi connectivity index (χ3n) is 3.82. The number of aromatic nitrogens is 3. The normalized spacial score (nSPS) is 10.2. The van der Waals surface area contributed by atoms with Crippen molar-refractivity contribution in [1.82, 2.24) is 15.0 Å². The Kier molecular flexibility index (Phi) is 5.55. The van der Waals surface area contributed by atoms with Crippen molar-refractivity contribution in [3.05, 3.63) is 42.7 Å². The highest BCUT2D eigenvalue weighted by atomic mass is 16.5. The third-order valence-corrected chi connectivity index (χ3v) is 3.82. The molecule has 140 valence electrons. The molecule has 1 N–H and O–H groups in total. The standard InChI is InChI=1S/C19H20N4O4/c1-24-14-7-5-6-12(8-14)18-20-11-21-19(23-18)22-13-9-15(25-2)17(27-4)16(10-13)26-3/h5-11H,1-4H3,(H,20,21,22,23). The van der Waals surface area contributed by atoms with Crippen molar-refractivity contribution in [2.75, 3.05) is 33.8 Å². The van der Waals surface area contributed by atoms with E-state index in [1.807, 2.05) is 24.3 Å². The molecule has 0 unspecified atom stereocenters. The highest BCUT2D eigenvalue weighted by Gasteiger charge is 2.14. The molecule has 2 aromatic carbocycles. The number of benzene rings is 2. The molecular formula is C19H20N4O4. The molecule has 0 aliphatic carbocycles. The Balaban J connectivity index is 1.92. The Labute approximate surface area is 157 Å². The Bertz CT molecular complexity index is 908. The van der Waals surface area contributed by atoms with E-state index in [1.165, 1.54) is 6.33 Å². The molecule has 27 heavy (non-hydrogen) atoms. The predicted molar refractivity (Wildman–Crippen MR) is 101 cm³/mol. The fraction of sp³-hybridized carbons (Fsp3) is 0.211. The lowest BCUT2D eigenvalue weighted by Crippen LogP contribution is -2.02. The van der Waals surface area contributed by atoms with E-state index in [-0.39, 0.29) is 0 Å². The summed E-state index contributed by atoms with van der Waals surface area (Å²) < 4.78 is 21.3. The van der Waals surface area contributed by atoms with E-state index >= 15 is 0 Å². The number of methoxy groups -OCH3 is 4. The Morgan fingerprint density at radius 1 is 0.815 bits per heavy atom. The Hall–Kier alpha value is -3.55. The molecule has 0 radical (unpaired) electrons. The maximum atomic E-state index is 5.36. The average molecular weight is 368 g/mol. The van der Waals surface area contributed by atoms with Gasteiger partial charge >= 0.3 is 0 Å². The van der Waals surface area contributed by atoms with E-state index in [1.54, 1.807) is 40.6 Å². The number of nitrogens with one attached hydrogen (secondary N) is 1. The van der Waals surface area contributed by atoms with Gasteiger partial charge in [0.25, 0.3) is 0 Å². The second kappa shape index (κ2) is 8.22. The van der Waals surface area contributed by atoms with Gasteiger partial charge in [-0.15, -0.1) is 0 Å². The third kappa shape index (κ3) is 4.00. The molecule has 0 aliphatic rings. The second-order valence-corrected chi connectivity index (χ2v) is 5.40. The number of anilines is 2. The van der Waals surface area contributed by atoms with Crippen LogP contribution in [0, 0.1) is 0 Å². The number of nitrogens with zero attached hydrogens (tertiary/aromatic N) is 3. The molecule has 1 aromatic heterocycles. The molecule has 3 aromatic rings. The van der Waals surface area contributed by atoms with Crippen molar-refractivity contribution in [2.24, 2.45) is 0 Å². The monoisotopic (exact) mass is 368 g/mol. The highest BCUT2D eigenvalue weighted by molar-refractivity contribution is 5.66. The molecule has 0 saturated heterocycles. The molecule has 0 bridgehead atoms. The average Bonchev–Trinajstić information content (AvgIpc) is 2.73. The first kappa shape index (κ1) is 18.2. The van der Waals surface area contributed by atoms with Crippen LogP contribution in [-0.4, -0.2) is 43.4 Å². The lowest BCUT2D eigenvalue weighted by Gasteiger charge is -2.14. The summed E-state index contributed by atoms with van der Waals surface area (Å²) in [4.78, 5) is 12.9. The zero-order chi connectivity index (χ0) is 19.2. The molecule has 0 spiro atoms. The van der Waals surface area contributed by atoms with Crippen LogP contribution in [0.5, 0.6) is 23.0 Å². The maximum Gasteiger partial charge on any atom is 0.230 e. The van der Waals surface area contributed by atoms with Gasteiger partial charge in [0.1, 0.15) is 12.1 Å². The minimum absolute atomic E-state index is 0.386. The van der Waals surface area contributed by atoms with Crippen molar-refractivity contribution in [3.8, 4) is 34.4 Å². The lowest BCUT2D eigenvalue weighted by atomic mass is 10.2. The molecule has 0 atom stereocenters. The van der Waals surface area contributed by atoms with Gasteiger partial charge in [0, 0.05) is 23.4 Å². The summed E-state index contributed by atoms with van der Waals surface area (Å²) in [5.41, 5.74) is 1.51. The first-order valence-electron chi connectivity index (χ1n) is 8.09. The van der Waals surface area contributed by atoms with E-state index < -0.39 is 0 Å². The van der Waals surface area contributed by atoms with Gasteiger partial charge < -0.3 is 24.3 Å². The van der Waals surface area contributed by atoms with E-state index in [2.05, 4.69) is 20.3 Å². The van der Waals surface area contributed by atoms with E-state index in [0.29, 0.717) is 34.7 Å². The fourth-order valence-corrected chi connectivity index (χ4v) is 2.54. The summed E-state index contributed by atoms with van der Waals surface area (Å²) in [7, 11) is 6.29. The minimum atomic E-state index is 0.386. The van der Waals surface area contributed by atoms with Gasteiger partial charge in [0.15, 0.2) is 17.3 Å². The Morgan fingerprint density at radius 2 is 1.56 bits per heavy atom. The molecule has 8 heteroatoms. The highest BCUT2D eigenvalue weighted by Crippen LogP contribution is 2.40. The Morgan fingerprint density at radius 3 is 2.19 bits per heavy atom. The quantitative estimate of drug-likeness (QED) is 0.679. The first-order valence-corrected chi connectivity index (χ1v) is 8.09. The predicted octanol–water partition coefficient (Wildman–Crippen LogP) is 3.32. The molecule has 3 rings (SSSR count). The zero-order valence-corrected chi connectivity index (χ0v) is 15.5. The van der Waals surface area contributed by atoms with Crippen molar-refractivity contribution in [3.63, 3.8) is 0 Å². The summed E-state index contributed by atoms with van der Waals surface area (Å²) in [6.45, 7) is 0. The fourth-order valence-electron chi connectivity index (χ4n) is 2.54. The van der Waals surface area contributed by atoms with Gasteiger partial charge in [-0.2, -0.15) is 4.98 Å². The van der Waals surface area contributed by atoms with Crippen LogP contribution in [0.3, 0.4) is 0 Å². The number of hydrogen-bond donors (Lipinski definition) is 1. The van der Waals surface area contributed by atoms with E-state index in [0.717, 1.165) is 11.3 Å². The van der Waals surface area contributed by atoms with Crippen LogP contribution >= 0.6 is 0 Å². The van der Waals surface area contributed by atoms with Gasteiger partial charge in [0.05, 0.1) is 28.4 Å². The number of hydrogen-bond acceptors (Lipinski definition) is 8. The van der Waals surface area contributed by atoms with Crippen LogP contribution in [0.25, 0.3) is 11.4 Å². The SMILES string of the molecule is COc1cccc(-c2ncnc(Nc3cc(OC)c(OC)c(OC)c3)n2)c1. The van der Waals surface area contributed by atoms with Crippen LogP contribution in [0.15, 0.2) is 42.7 Å². The number of ether oxygens (including phenoxy) is 4. The van der Waals surface area contributed by atoms with Gasteiger partial charge in [-0.3, -0.25) is 0 Å². The van der Waals surface area contributed by atoms with Crippen molar-refractivity contribution < 1.29 is 18.9 Å². The van der Waals surface area contributed by atoms with Crippen molar-refractivity contribution in [1.29, 1.82) is 0 Å². The number of rotatable bonds is 7. The molecule has 0 amide bonds. The molecule has 8 nitrogen and oxygen atoms in total. The van der Waals surface area contributed by atoms with Crippen LogP contribution in [0.1, 0.15) is 0 Å². The molecule has 0 aliphatic heterocycles. The summed E-state index contributed by atoms with van der Waals surface area (Å²) in [6, 6.07) is 11.1. The summed E-state index contributed by atoms with van der Waals surface area (Å²) >= 11 is 0. The van der Waals surface area contributed by atoms with Crippen LogP contribution in [-0.2, 0) is 0 Å². The van der Waals surface area contributed by atoms with Crippen LogP contribution < -0.4 is 24.3 Å². The maximum absolute atomic E-state index is 5.36. The second-order valence-electron chi connectivity index (χ2n) is 5.40. The first-order chi connectivity index (χ1) is 13.2. The minimum Gasteiger partial charge on any atom is -0.497 e. The van der Waals surface area contributed by atoms with E-state index in [4.69, 9.17) is 18.9 Å². The van der Waals surface area contributed by atoms with Crippen molar-refractivity contribution >= 4 is 11.6 Å². The summed E-state index contributed by atoms with van der Waals surface area (Å²) in [5.74, 6) is 3.21. The zero-order valence-electron chi connectivity index (χ0n) is 15.5. The van der Waals surface area contributed by atoms with E-state index in [9.17, 15) is 0 Å². The van der Waals surface area contributed by atoms with Gasteiger partial charge in [-0.25, -0.2) is 9.97 Å². The van der Waals surface area contributed by atoms with Gasteiger partial charge in [0.2, 0.25) is 11.7 Å². The molecule has 1 heterocycles.